The second-order valence-corrected chi connectivity index (χ2v) is 6.28. The van der Waals surface area contributed by atoms with Gasteiger partial charge in [-0.3, -0.25) is 13.9 Å². The standard InChI is InChI=1S/C12H15N2O10P/c15-3-6(4-16)7-1-2-14(12(19)13-7)11-10(18)9(17)8(24-11)5-23-25(20,21)22/h1-4,8-11,15,17-18H,5H2,(H2,20,21,22)/b6-3+/t8-,9-,10-,11-/m1/s1. The molecular weight excluding hydrogens is 363 g/mol. The first-order chi connectivity index (χ1) is 11.7. The van der Waals surface area contributed by atoms with Gasteiger partial charge in [0.1, 0.15) is 18.3 Å². The molecule has 2 heterocycles. The number of hydrogen-bond donors (Lipinski definition) is 5. The van der Waals surface area contributed by atoms with Crippen LogP contribution in [0, 0.1) is 0 Å². The van der Waals surface area contributed by atoms with E-state index >= 15 is 0 Å². The second-order valence-electron chi connectivity index (χ2n) is 5.04. The molecule has 0 amide bonds. The van der Waals surface area contributed by atoms with Gasteiger partial charge in [0.05, 0.1) is 24.1 Å². The Labute approximate surface area is 139 Å². The smallest absolute Gasteiger partial charge is 0.469 e. The maximum absolute atomic E-state index is 12.0. The van der Waals surface area contributed by atoms with Crippen molar-refractivity contribution in [3.05, 3.63) is 34.7 Å². The minimum Gasteiger partial charge on any atom is -0.515 e. The highest BCUT2D eigenvalue weighted by atomic mass is 31.2. The molecule has 0 saturated carbocycles. The number of aldehydes is 1. The summed E-state index contributed by atoms with van der Waals surface area (Å²) in [5.41, 5.74) is -1.32. The molecule has 138 valence electrons. The topological polar surface area (TPSA) is 189 Å². The SMILES string of the molecule is O=C/C(=C\O)c1ccn([C@@H]2O[C@H](COP(=O)(O)O)[C@@H](O)[C@H]2O)c(=O)n1. The van der Waals surface area contributed by atoms with Gasteiger partial charge in [-0.2, -0.15) is 4.98 Å². The molecule has 1 aliphatic heterocycles. The van der Waals surface area contributed by atoms with Gasteiger partial charge in [0.25, 0.3) is 0 Å². The molecule has 12 nitrogen and oxygen atoms in total. The van der Waals surface area contributed by atoms with Crippen LogP contribution in [0.3, 0.4) is 0 Å². The van der Waals surface area contributed by atoms with Crippen molar-refractivity contribution in [1.29, 1.82) is 0 Å². The fraction of sp³-hybridized carbons (Fsp3) is 0.417. The first kappa shape index (κ1) is 19.4. The predicted octanol–water partition coefficient (Wildman–Crippen LogP) is -1.93. The van der Waals surface area contributed by atoms with Crippen molar-refractivity contribution in [2.24, 2.45) is 0 Å². The van der Waals surface area contributed by atoms with Gasteiger partial charge in [0, 0.05) is 6.20 Å². The van der Waals surface area contributed by atoms with Crippen LogP contribution in [0.15, 0.2) is 23.3 Å². The fourth-order valence-corrected chi connectivity index (χ4v) is 2.53. The molecule has 5 N–H and O–H groups in total. The summed E-state index contributed by atoms with van der Waals surface area (Å²) in [6, 6.07) is 1.19. The number of allylic oxidation sites excluding steroid dienone is 1. The van der Waals surface area contributed by atoms with Gasteiger partial charge in [0.15, 0.2) is 12.5 Å². The van der Waals surface area contributed by atoms with E-state index in [0.29, 0.717) is 6.26 Å². The average molecular weight is 378 g/mol. The fourth-order valence-electron chi connectivity index (χ4n) is 2.19. The summed E-state index contributed by atoms with van der Waals surface area (Å²) in [6.07, 6.45) is -4.01. The van der Waals surface area contributed by atoms with Gasteiger partial charge in [-0.1, -0.05) is 0 Å². The maximum Gasteiger partial charge on any atom is 0.469 e. The molecule has 13 heteroatoms. The predicted molar refractivity (Wildman–Crippen MR) is 79.1 cm³/mol. The van der Waals surface area contributed by atoms with Gasteiger partial charge < -0.3 is 29.8 Å². The molecule has 25 heavy (non-hydrogen) atoms. The summed E-state index contributed by atoms with van der Waals surface area (Å²) in [5.74, 6) is 0. The molecule has 0 bridgehead atoms. The van der Waals surface area contributed by atoms with E-state index in [1.807, 2.05) is 0 Å². The maximum atomic E-state index is 12.0. The summed E-state index contributed by atoms with van der Waals surface area (Å²) in [4.78, 5) is 43.6. The van der Waals surface area contributed by atoms with Crippen molar-refractivity contribution in [2.75, 3.05) is 6.61 Å². The summed E-state index contributed by atoms with van der Waals surface area (Å²) in [5, 5.41) is 28.7. The number of aliphatic hydroxyl groups excluding tert-OH is 3. The van der Waals surface area contributed by atoms with Crippen LogP contribution < -0.4 is 5.69 Å². The summed E-state index contributed by atoms with van der Waals surface area (Å²) in [6.45, 7) is -0.720. The van der Waals surface area contributed by atoms with E-state index in [2.05, 4.69) is 9.51 Å². The number of rotatable bonds is 6. The molecule has 0 spiro atoms. The first-order valence-corrected chi connectivity index (χ1v) is 8.31. The molecular formula is C12H15N2O10P. The Balaban J connectivity index is 2.23. The van der Waals surface area contributed by atoms with Crippen molar-refractivity contribution in [1.82, 2.24) is 9.55 Å². The van der Waals surface area contributed by atoms with Gasteiger partial charge >= 0.3 is 13.5 Å². The highest BCUT2D eigenvalue weighted by molar-refractivity contribution is 7.46. The van der Waals surface area contributed by atoms with Crippen LogP contribution in [0.4, 0.5) is 0 Å². The number of ether oxygens (including phenoxy) is 1. The molecule has 0 aliphatic carbocycles. The second kappa shape index (κ2) is 7.54. The number of carbonyl (C=O) groups is 1. The zero-order valence-electron chi connectivity index (χ0n) is 12.4. The van der Waals surface area contributed by atoms with Crippen LogP contribution in [0.2, 0.25) is 0 Å². The van der Waals surface area contributed by atoms with Crippen molar-refractivity contribution >= 4 is 19.7 Å². The van der Waals surface area contributed by atoms with Gasteiger partial charge in [-0.15, -0.1) is 0 Å². The van der Waals surface area contributed by atoms with Crippen LogP contribution in [-0.2, 0) is 18.6 Å². The molecule has 0 radical (unpaired) electrons. The van der Waals surface area contributed by atoms with E-state index in [4.69, 9.17) is 19.6 Å². The molecule has 0 unspecified atom stereocenters. The number of carbonyl (C=O) groups excluding carboxylic acids is 1. The van der Waals surface area contributed by atoms with Crippen LogP contribution in [-0.4, -0.2) is 65.9 Å². The Kier molecular flexibility index (Phi) is 5.85. The number of phosphoric acid groups is 1. The third-order valence-electron chi connectivity index (χ3n) is 3.41. The van der Waals surface area contributed by atoms with Crippen LogP contribution in [0.1, 0.15) is 11.9 Å². The highest BCUT2D eigenvalue weighted by Gasteiger charge is 2.45. The minimum absolute atomic E-state index is 0.117. The Hall–Kier alpha value is -1.92. The van der Waals surface area contributed by atoms with E-state index in [9.17, 15) is 24.4 Å². The number of hydrogen-bond acceptors (Lipinski definition) is 9. The van der Waals surface area contributed by atoms with Crippen molar-refractivity contribution < 1.29 is 43.7 Å². The minimum atomic E-state index is -4.81. The van der Waals surface area contributed by atoms with Crippen LogP contribution >= 0.6 is 7.82 Å². The van der Waals surface area contributed by atoms with Crippen molar-refractivity contribution in [3.8, 4) is 0 Å². The van der Waals surface area contributed by atoms with E-state index < -0.39 is 44.7 Å². The van der Waals surface area contributed by atoms with E-state index in [-0.39, 0.29) is 17.6 Å². The van der Waals surface area contributed by atoms with Crippen molar-refractivity contribution in [3.63, 3.8) is 0 Å². The zero-order chi connectivity index (χ0) is 18.8. The lowest BCUT2D eigenvalue weighted by molar-refractivity contribution is -0.103. The Morgan fingerprint density at radius 1 is 1.40 bits per heavy atom. The molecule has 1 aromatic heterocycles. The van der Waals surface area contributed by atoms with Crippen LogP contribution in [0.25, 0.3) is 5.57 Å². The zero-order valence-corrected chi connectivity index (χ0v) is 13.3. The molecule has 2 rings (SSSR count). The lowest BCUT2D eigenvalue weighted by Gasteiger charge is -2.17. The monoisotopic (exact) mass is 378 g/mol. The van der Waals surface area contributed by atoms with Gasteiger partial charge in [-0.25, -0.2) is 9.36 Å². The number of phosphoric ester groups is 1. The Morgan fingerprint density at radius 2 is 2.08 bits per heavy atom. The summed E-state index contributed by atoms with van der Waals surface area (Å²) >= 11 is 0. The number of nitrogens with zero attached hydrogens (tertiary/aromatic N) is 2. The van der Waals surface area contributed by atoms with Gasteiger partial charge in [0.2, 0.25) is 0 Å². The van der Waals surface area contributed by atoms with Gasteiger partial charge in [-0.05, 0) is 6.07 Å². The quantitative estimate of drug-likeness (QED) is 0.160. The lowest BCUT2D eigenvalue weighted by Crippen LogP contribution is -2.36. The van der Waals surface area contributed by atoms with Crippen LogP contribution in [0.5, 0.6) is 0 Å². The largest absolute Gasteiger partial charge is 0.515 e. The Morgan fingerprint density at radius 3 is 2.60 bits per heavy atom. The average Bonchev–Trinajstić information content (AvgIpc) is 2.82. The first-order valence-electron chi connectivity index (χ1n) is 6.78. The lowest BCUT2D eigenvalue weighted by atomic mass is 10.1. The van der Waals surface area contributed by atoms with E-state index in [1.165, 1.54) is 6.07 Å². The summed E-state index contributed by atoms with van der Waals surface area (Å²) in [7, 11) is -4.81. The molecule has 1 aromatic rings. The Bertz CT molecular complexity index is 771. The molecule has 4 atom stereocenters. The highest BCUT2D eigenvalue weighted by Crippen LogP contribution is 2.38. The molecule has 1 fully saturated rings. The third-order valence-corrected chi connectivity index (χ3v) is 3.90. The molecule has 1 saturated heterocycles. The number of aliphatic hydroxyl groups is 3. The van der Waals surface area contributed by atoms with E-state index in [1.54, 1.807) is 0 Å². The normalized spacial score (nSPS) is 27.4. The molecule has 1 aliphatic rings. The summed E-state index contributed by atoms with van der Waals surface area (Å²) < 4.78 is 20.9. The third kappa shape index (κ3) is 4.38. The molecule has 0 aromatic carbocycles. The van der Waals surface area contributed by atoms with E-state index in [0.717, 1.165) is 10.8 Å². The number of aromatic nitrogens is 2. The van der Waals surface area contributed by atoms with Crippen molar-refractivity contribution in [2.45, 2.75) is 24.5 Å².